The fourth-order valence-electron chi connectivity index (χ4n) is 10.2. The lowest BCUT2D eigenvalue weighted by Crippen LogP contribution is -2.30. The fraction of sp³-hybridized carbons (Fsp3) is 0.773. The molecule has 81 heavy (non-hydrogen) atoms. The lowest BCUT2D eigenvalue weighted by atomic mass is 10.0. The number of hydrogen-bond acceptors (Lipinski definition) is 6. The first kappa shape index (κ1) is 77.6. The maximum Gasteiger partial charge on any atom is 0.306 e. The molecule has 0 amide bonds. The SMILES string of the molecule is CC/C=C\C/C=C\C/C=C\C/C=C\C/C=C\C/C=C\C/C=C\CCCCCC(=O)OC(COC(=O)CCCCCCCCCC)COC(=O)CCCCCCCCCCCCCCCCCCCCCCCCCCCCCCCC. The van der Waals surface area contributed by atoms with Gasteiger partial charge in [-0.3, -0.25) is 14.4 Å². The normalized spacial score (nSPS) is 12.6. The number of rotatable bonds is 64. The van der Waals surface area contributed by atoms with Crippen molar-refractivity contribution in [2.24, 2.45) is 0 Å². The third-order valence-corrected chi connectivity index (χ3v) is 15.4. The van der Waals surface area contributed by atoms with Crippen molar-refractivity contribution < 1.29 is 28.6 Å². The van der Waals surface area contributed by atoms with E-state index in [9.17, 15) is 14.4 Å². The molecule has 0 aliphatic carbocycles. The Bertz CT molecular complexity index is 1530. The predicted octanol–water partition coefficient (Wildman–Crippen LogP) is 24.2. The monoisotopic (exact) mass is 1130 g/mol. The highest BCUT2D eigenvalue weighted by Gasteiger charge is 2.19. The molecule has 6 heteroatoms. The molecule has 0 bridgehead atoms. The third kappa shape index (κ3) is 67.3. The standard InChI is InChI=1S/C75H132O6/c1-4-7-10-13-16-19-21-23-25-27-29-31-33-35-36-37-38-39-41-42-44-46-48-50-52-54-56-59-62-65-68-74(77)80-71-72(70-79-73(76)67-64-61-58-18-15-12-9-6-3)81-75(78)69-66-63-60-57-55-53-51-49-47-45-43-40-34-32-30-28-26-24-22-20-17-14-11-8-5-2/h8,11,17,20,24,26,30,32,40,43,47,49,53,55,72H,4-7,9-10,12-16,18-19,21-23,25,27-29,31,33-39,41-42,44-46,48,50-52,54,56-71H2,1-3H3/b11-8-,20-17-,26-24-,32-30-,43-40-,49-47-,55-53-. The van der Waals surface area contributed by atoms with Gasteiger partial charge in [0.15, 0.2) is 6.10 Å². The Balaban J connectivity index is 4.14. The van der Waals surface area contributed by atoms with Gasteiger partial charge in [-0.1, -0.05) is 343 Å². The van der Waals surface area contributed by atoms with Gasteiger partial charge in [-0.15, -0.1) is 0 Å². The summed E-state index contributed by atoms with van der Waals surface area (Å²) in [7, 11) is 0. The fourth-order valence-corrected chi connectivity index (χ4v) is 10.2. The van der Waals surface area contributed by atoms with E-state index in [-0.39, 0.29) is 31.1 Å². The summed E-state index contributed by atoms with van der Waals surface area (Å²) in [5.74, 6) is -0.909. The van der Waals surface area contributed by atoms with Crippen molar-refractivity contribution in [1.29, 1.82) is 0 Å². The average molecular weight is 1130 g/mol. The summed E-state index contributed by atoms with van der Waals surface area (Å²) in [4.78, 5) is 38.2. The van der Waals surface area contributed by atoms with Crippen LogP contribution in [0, 0.1) is 0 Å². The molecule has 0 radical (unpaired) electrons. The van der Waals surface area contributed by atoms with Gasteiger partial charge in [0, 0.05) is 19.3 Å². The molecule has 0 aromatic rings. The van der Waals surface area contributed by atoms with Crippen LogP contribution in [0.4, 0.5) is 0 Å². The van der Waals surface area contributed by atoms with Crippen LogP contribution in [-0.2, 0) is 28.6 Å². The number of allylic oxidation sites excluding steroid dienone is 14. The molecule has 0 saturated heterocycles. The van der Waals surface area contributed by atoms with Gasteiger partial charge in [0.25, 0.3) is 0 Å². The minimum Gasteiger partial charge on any atom is -0.462 e. The molecule has 1 atom stereocenters. The van der Waals surface area contributed by atoms with Crippen LogP contribution in [0.1, 0.15) is 355 Å². The first-order valence-corrected chi connectivity index (χ1v) is 35.1. The highest BCUT2D eigenvalue weighted by atomic mass is 16.6. The molecule has 0 spiro atoms. The first-order chi connectivity index (χ1) is 40.0. The van der Waals surface area contributed by atoms with Gasteiger partial charge in [0.2, 0.25) is 0 Å². The highest BCUT2D eigenvalue weighted by Crippen LogP contribution is 2.18. The zero-order chi connectivity index (χ0) is 58.5. The summed E-state index contributed by atoms with van der Waals surface area (Å²) in [6.45, 7) is 6.51. The van der Waals surface area contributed by atoms with E-state index in [0.29, 0.717) is 19.3 Å². The molecule has 0 rings (SSSR count). The molecule has 0 aromatic heterocycles. The van der Waals surface area contributed by atoms with Crippen molar-refractivity contribution in [2.75, 3.05) is 13.2 Å². The number of hydrogen-bond donors (Lipinski definition) is 0. The van der Waals surface area contributed by atoms with Crippen molar-refractivity contribution in [1.82, 2.24) is 0 Å². The van der Waals surface area contributed by atoms with E-state index in [1.54, 1.807) is 0 Å². The molecular formula is C75H132O6. The highest BCUT2D eigenvalue weighted by molar-refractivity contribution is 5.71. The van der Waals surface area contributed by atoms with Gasteiger partial charge >= 0.3 is 17.9 Å². The summed E-state index contributed by atoms with van der Waals surface area (Å²) in [5.41, 5.74) is 0. The van der Waals surface area contributed by atoms with E-state index in [1.165, 1.54) is 205 Å². The molecule has 0 N–H and O–H groups in total. The summed E-state index contributed by atoms with van der Waals surface area (Å²) in [6, 6.07) is 0. The molecule has 0 fully saturated rings. The van der Waals surface area contributed by atoms with Crippen LogP contribution >= 0.6 is 0 Å². The zero-order valence-corrected chi connectivity index (χ0v) is 53.8. The van der Waals surface area contributed by atoms with Crippen LogP contribution in [0.25, 0.3) is 0 Å². The maximum absolute atomic E-state index is 12.9. The minimum absolute atomic E-state index is 0.0865. The van der Waals surface area contributed by atoms with Crippen molar-refractivity contribution >= 4 is 17.9 Å². The lowest BCUT2D eigenvalue weighted by molar-refractivity contribution is -0.167. The van der Waals surface area contributed by atoms with Crippen LogP contribution in [-0.4, -0.2) is 37.2 Å². The van der Waals surface area contributed by atoms with E-state index in [2.05, 4.69) is 106 Å². The van der Waals surface area contributed by atoms with Gasteiger partial charge in [-0.25, -0.2) is 0 Å². The van der Waals surface area contributed by atoms with Crippen LogP contribution in [0.2, 0.25) is 0 Å². The topological polar surface area (TPSA) is 78.9 Å². The Morgan fingerprint density at radius 1 is 0.259 bits per heavy atom. The number of ether oxygens (including phenoxy) is 3. The molecule has 1 unspecified atom stereocenters. The van der Waals surface area contributed by atoms with Crippen molar-refractivity contribution in [3.63, 3.8) is 0 Å². The summed E-state index contributed by atoms with van der Waals surface area (Å²) in [6.07, 6.45) is 92.2. The van der Waals surface area contributed by atoms with Gasteiger partial charge in [0.1, 0.15) is 13.2 Å². The molecule has 468 valence electrons. The Labute approximate surface area is 503 Å². The minimum atomic E-state index is -0.792. The second-order valence-electron chi connectivity index (χ2n) is 23.4. The quantitative estimate of drug-likeness (QED) is 0.0261. The smallest absolute Gasteiger partial charge is 0.306 e. The second kappa shape index (κ2) is 69.1. The van der Waals surface area contributed by atoms with Gasteiger partial charge in [-0.2, -0.15) is 0 Å². The summed E-state index contributed by atoms with van der Waals surface area (Å²) in [5, 5.41) is 0. The van der Waals surface area contributed by atoms with Crippen molar-refractivity contribution in [3.8, 4) is 0 Å². The Kier molecular flexibility index (Phi) is 66.2. The number of unbranched alkanes of at least 4 members (excludes halogenated alkanes) is 39. The van der Waals surface area contributed by atoms with E-state index < -0.39 is 6.10 Å². The second-order valence-corrected chi connectivity index (χ2v) is 23.4. The van der Waals surface area contributed by atoms with E-state index in [0.717, 1.165) is 109 Å². The lowest BCUT2D eigenvalue weighted by Gasteiger charge is -2.18. The molecule has 0 saturated carbocycles. The molecule has 6 nitrogen and oxygen atoms in total. The van der Waals surface area contributed by atoms with Crippen LogP contribution in [0.5, 0.6) is 0 Å². The van der Waals surface area contributed by atoms with E-state index in [1.807, 2.05) is 0 Å². The summed E-state index contributed by atoms with van der Waals surface area (Å²) < 4.78 is 16.9. The van der Waals surface area contributed by atoms with Gasteiger partial charge in [0.05, 0.1) is 0 Å². The van der Waals surface area contributed by atoms with Crippen molar-refractivity contribution in [2.45, 2.75) is 361 Å². The number of esters is 3. The first-order valence-electron chi connectivity index (χ1n) is 35.1. The number of carbonyl (C=O) groups excluding carboxylic acids is 3. The molecule has 0 heterocycles. The maximum atomic E-state index is 12.9. The zero-order valence-electron chi connectivity index (χ0n) is 53.8. The largest absolute Gasteiger partial charge is 0.462 e. The Morgan fingerprint density at radius 2 is 0.481 bits per heavy atom. The van der Waals surface area contributed by atoms with Gasteiger partial charge in [-0.05, 0) is 77.0 Å². The Hall–Kier alpha value is -3.41. The number of carbonyl (C=O) groups is 3. The molecule has 0 aliphatic rings. The Morgan fingerprint density at radius 3 is 0.753 bits per heavy atom. The third-order valence-electron chi connectivity index (χ3n) is 15.4. The van der Waals surface area contributed by atoms with E-state index >= 15 is 0 Å². The summed E-state index contributed by atoms with van der Waals surface area (Å²) >= 11 is 0. The van der Waals surface area contributed by atoms with Crippen LogP contribution in [0.15, 0.2) is 85.1 Å². The van der Waals surface area contributed by atoms with E-state index in [4.69, 9.17) is 14.2 Å². The predicted molar refractivity (Wildman–Crippen MR) is 353 cm³/mol. The molecular weight excluding hydrogens is 997 g/mol. The molecule has 0 aromatic carbocycles. The molecule has 0 aliphatic heterocycles. The van der Waals surface area contributed by atoms with Gasteiger partial charge < -0.3 is 14.2 Å². The van der Waals surface area contributed by atoms with Crippen LogP contribution in [0.3, 0.4) is 0 Å². The average Bonchev–Trinajstić information content (AvgIpc) is 3.47. The van der Waals surface area contributed by atoms with Crippen molar-refractivity contribution in [3.05, 3.63) is 85.1 Å². The van der Waals surface area contributed by atoms with Crippen LogP contribution < -0.4 is 0 Å².